The molecule has 2 nitrogen and oxygen atoms in total. The first kappa shape index (κ1) is 11.6. The first-order valence-electron chi connectivity index (χ1n) is 2.89. The maximum absolute atomic E-state index is 10.8. The van der Waals surface area contributed by atoms with E-state index in [2.05, 4.69) is 5.32 Å². The van der Waals surface area contributed by atoms with Crippen LogP contribution < -0.4 is 5.32 Å². The van der Waals surface area contributed by atoms with E-state index in [0.29, 0.717) is 18.8 Å². The van der Waals surface area contributed by atoms with Gasteiger partial charge in [0.15, 0.2) is 0 Å². The number of alkyl halides is 4. The first-order valence-corrected chi connectivity index (χ1v) is 4.56. The highest BCUT2D eigenvalue weighted by Crippen LogP contribution is 2.25. The molecule has 0 spiro atoms. The lowest BCUT2D eigenvalue weighted by Crippen LogP contribution is -2.35. The van der Waals surface area contributed by atoms with Gasteiger partial charge in [0.1, 0.15) is 0 Å². The van der Waals surface area contributed by atoms with E-state index >= 15 is 0 Å². The van der Waals surface area contributed by atoms with Gasteiger partial charge >= 0.3 is 0 Å². The molecule has 0 bridgehead atoms. The Labute approximate surface area is 85.1 Å². The van der Waals surface area contributed by atoms with Crippen LogP contribution in [0, 0.1) is 0 Å². The van der Waals surface area contributed by atoms with Crippen LogP contribution in [0.1, 0.15) is 6.42 Å². The summed E-state index contributed by atoms with van der Waals surface area (Å²) in [5, 5.41) is 2.40. The average molecular weight is 239 g/mol. The van der Waals surface area contributed by atoms with E-state index in [0.717, 1.165) is 0 Å². The predicted molar refractivity (Wildman–Crippen MR) is 48.6 cm³/mol. The zero-order chi connectivity index (χ0) is 8.91. The molecule has 6 heteroatoms. The highest BCUT2D eigenvalue weighted by atomic mass is 35.6. The summed E-state index contributed by atoms with van der Waals surface area (Å²) < 4.78 is -1.87. The summed E-state index contributed by atoms with van der Waals surface area (Å²) in [4.78, 5) is 10.8. The van der Waals surface area contributed by atoms with Gasteiger partial charge in [0.05, 0.1) is 0 Å². The number of rotatable bonds is 3. The van der Waals surface area contributed by atoms with Gasteiger partial charge in [-0.15, -0.1) is 11.6 Å². The van der Waals surface area contributed by atoms with Crippen molar-refractivity contribution in [3.05, 3.63) is 0 Å². The molecule has 1 N–H and O–H groups in total. The molecule has 0 aliphatic carbocycles. The van der Waals surface area contributed by atoms with Crippen molar-refractivity contribution in [3.63, 3.8) is 0 Å². The van der Waals surface area contributed by atoms with Crippen molar-refractivity contribution < 1.29 is 4.79 Å². The van der Waals surface area contributed by atoms with Gasteiger partial charge in [-0.05, 0) is 6.42 Å². The smallest absolute Gasteiger partial charge is 0.272 e. The van der Waals surface area contributed by atoms with Crippen LogP contribution in [0.5, 0.6) is 0 Å². The first-order chi connectivity index (χ1) is 4.98. The van der Waals surface area contributed by atoms with Crippen LogP contribution in [0.3, 0.4) is 0 Å². The Kier molecular flexibility index (Phi) is 5.61. The number of halogens is 4. The minimum atomic E-state index is -1.87. The third kappa shape index (κ3) is 5.85. The second-order valence-corrected chi connectivity index (χ2v) is 4.46. The molecule has 0 aromatic heterocycles. The fourth-order valence-corrected chi connectivity index (χ4v) is 0.703. The molecule has 11 heavy (non-hydrogen) atoms. The largest absolute Gasteiger partial charge is 0.352 e. The third-order valence-corrected chi connectivity index (χ3v) is 1.64. The monoisotopic (exact) mass is 237 g/mol. The van der Waals surface area contributed by atoms with Gasteiger partial charge < -0.3 is 5.32 Å². The van der Waals surface area contributed by atoms with Crippen LogP contribution >= 0.6 is 46.4 Å². The number of nitrogens with one attached hydrogen (secondary N) is 1. The van der Waals surface area contributed by atoms with E-state index in [1.54, 1.807) is 0 Å². The van der Waals surface area contributed by atoms with Crippen LogP contribution in [0.4, 0.5) is 0 Å². The molecule has 66 valence electrons. The summed E-state index contributed by atoms with van der Waals surface area (Å²) in [5.74, 6) is -0.146. The Bertz CT molecular complexity index is 133. The highest BCUT2D eigenvalue weighted by Gasteiger charge is 2.29. The van der Waals surface area contributed by atoms with Gasteiger partial charge in [-0.2, -0.15) is 0 Å². The van der Waals surface area contributed by atoms with E-state index in [1.807, 2.05) is 0 Å². The third-order valence-electron chi connectivity index (χ3n) is 0.853. The molecule has 0 saturated heterocycles. The van der Waals surface area contributed by atoms with E-state index in [4.69, 9.17) is 46.4 Å². The molecule has 0 rings (SSSR count). The Balaban J connectivity index is 3.54. The van der Waals surface area contributed by atoms with Gasteiger partial charge in [-0.3, -0.25) is 4.79 Å². The number of carbonyl (C=O) groups is 1. The fourth-order valence-electron chi connectivity index (χ4n) is 0.369. The lowest BCUT2D eigenvalue weighted by atomic mass is 10.5. The van der Waals surface area contributed by atoms with Gasteiger partial charge in [0.2, 0.25) is 0 Å². The second kappa shape index (κ2) is 5.31. The topological polar surface area (TPSA) is 29.1 Å². The Morgan fingerprint density at radius 3 is 2.27 bits per heavy atom. The van der Waals surface area contributed by atoms with Crippen molar-refractivity contribution in [2.24, 2.45) is 0 Å². The zero-order valence-corrected chi connectivity index (χ0v) is 8.57. The normalized spacial score (nSPS) is 11.3. The Hall–Kier alpha value is 0.630. The van der Waals surface area contributed by atoms with Gasteiger partial charge in [-0.25, -0.2) is 0 Å². The van der Waals surface area contributed by atoms with Crippen molar-refractivity contribution in [1.82, 2.24) is 5.32 Å². The lowest BCUT2D eigenvalue weighted by molar-refractivity contribution is -0.120. The quantitative estimate of drug-likeness (QED) is 0.592. The van der Waals surface area contributed by atoms with Gasteiger partial charge in [-0.1, -0.05) is 34.8 Å². The summed E-state index contributed by atoms with van der Waals surface area (Å²) in [6.45, 7) is 0.427. The van der Waals surface area contributed by atoms with Crippen LogP contribution in [-0.4, -0.2) is 22.1 Å². The maximum Gasteiger partial charge on any atom is 0.272 e. The fraction of sp³-hybridized carbons (Fsp3) is 0.800. The van der Waals surface area contributed by atoms with E-state index in [-0.39, 0.29) is 0 Å². The van der Waals surface area contributed by atoms with Crippen LogP contribution in [0.2, 0.25) is 0 Å². The molecule has 0 unspecified atom stereocenters. The molecule has 0 saturated carbocycles. The summed E-state index contributed by atoms with van der Waals surface area (Å²) in [6.07, 6.45) is 0.661. The molecular formula is C5H7Cl4NO. The molecular weight excluding hydrogens is 232 g/mol. The average Bonchev–Trinajstić information content (AvgIpc) is 1.86. The molecule has 0 atom stereocenters. The Morgan fingerprint density at radius 2 is 1.91 bits per heavy atom. The second-order valence-electron chi connectivity index (χ2n) is 1.80. The van der Waals surface area contributed by atoms with E-state index in [1.165, 1.54) is 0 Å². The van der Waals surface area contributed by atoms with E-state index in [9.17, 15) is 4.79 Å². The van der Waals surface area contributed by atoms with Crippen LogP contribution in [0.25, 0.3) is 0 Å². The number of hydrogen-bond acceptors (Lipinski definition) is 1. The van der Waals surface area contributed by atoms with Crippen molar-refractivity contribution in [3.8, 4) is 0 Å². The molecule has 1 amide bonds. The Morgan fingerprint density at radius 1 is 1.36 bits per heavy atom. The molecule has 0 radical (unpaired) electrons. The van der Waals surface area contributed by atoms with Gasteiger partial charge in [0.25, 0.3) is 9.70 Å². The number of carbonyl (C=O) groups excluding carboxylic acids is 1. The maximum atomic E-state index is 10.8. The molecule has 0 aliphatic rings. The minimum Gasteiger partial charge on any atom is -0.352 e. The molecule has 0 aromatic rings. The van der Waals surface area contributed by atoms with Crippen molar-refractivity contribution in [2.45, 2.75) is 10.2 Å². The molecule has 0 aliphatic heterocycles. The predicted octanol–water partition coefficient (Wildman–Crippen LogP) is 2.10. The molecule has 0 fully saturated rings. The molecule has 0 aromatic carbocycles. The molecule has 0 heterocycles. The number of amides is 1. The zero-order valence-electron chi connectivity index (χ0n) is 5.54. The standard InChI is InChI=1S/C5H7Cl4NO/c6-2-1-3-10-4(11)5(7,8)9/h1-3H2,(H,10,11). The summed E-state index contributed by atoms with van der Waals surface area (Å²) in [7, 11) is 0. The van der Waals surface area contributed by atoms with Crippen LogP contribution in [0.15, 0.2) is 0 Å². The van der Waals surface area contributed by atoms with Crippen molar-refractivity contribution in [2.75, 3.05) is 12.4 Å². The summed E-state index contributed by atoms with van der Waals surface area (Å²) in [5.41, 5.74) is 0. The van der Waals surface area contributed by atoms with Crippen molar-refractivity contribution in [1.29, 1.82) is 0 Å². The SMILES string of the molecule is O=C(NCCCCl)C(Cl)(Cl)Cl. The van der Waals surface area contributed by atoms with Crippen LogP contribution in [-0.2, 0) is 4.79 Å². The van der Waals surface area contributed by atoms with Crippen molar-refractivity contribution >= 4 is 52.3 Å². The highest BCUT2D eigenvalue weighted by molar-refractivity contribution is 6.76. The lowest BCUT2D eigenvalue weighted by Gasteiger charge is -2.09. The van der Waals surface area contributed by atoms with E-state index < -0.39 is 9.70 Å². The number of hydrogen-bond donors (Lipinski definition) is 1. The van der Waals surface area contributed by atoms with Gasteiger partial charge in [0, 0.05) is 12.4 Å². The minimum absolute atomic E-state index is 0.427. The summed E-state index contributed by atoms with van der Waals surface area (Å²) >= 11 is 21.1. The summed E-state index contributed by atoms with van der Waals surface area (Å²) in [6, 6.07) is 0.